The maximum atomic E-state index is 10.9. The molecule has 0 atom stereocenters. The second-order valence-electron chi connectivity index (χ2n) is 3.22. The fourth-order valence-corrected chi connectivity index (χ4v) is 1.37. The molecular formula is C12H9ClN2O. The van der Waals surface area contributed by atoms with E-state index >= 15 is 0 Å². The predicted molar refractivity (Wildman–Crippen MR) is 65.2 cm³/mol. The zero-order chi connectivity index (χ0) is 11.4. The van der Waals surface area contributed by atoms with Gasteiger partial charge in [0.2, 0.25) is 0 Å². The van der Waals surface area contributed by atoms with Crippen molar-refractivity contribution in [1.82, 2.24) is 9.97 Å². The maximum absolute atomic E-state index is 10.9. The van der Waals surface area contributed by atoms with Crippen molar-refractivity contribution in [2.24, 2.45) is 0 Å². The number of benzene rings is 1. The summed E-state index contributed by atoms with van der Waals surface area (Å²) in [5, 5.41) is 0.703. The molecule has 0 aliphatic carbocycles. The third-order valence-electron chi connectivity index (χ3n) is 2.02. The van der Waals surface area contributed by atoms with Crippen molar-refractivity contribution in [3.8, 4) is 0 Å². The molecular weight excluding hydrogens is 224 g/mol. The Balaban J connectivity index is 2.21. The standard InChI is InChI=1S/C12H9ClN2O/c13-10-4-1-9(2-5-10)3-6-11-7-8-14-12(16)15-11/h1-8H,(H,14,15,16). The Morgan fingerprint density at radius 3 is 2.56 bits per heavy atom. The van der Waals surface area contributed by atoms with Crippen LogP contribution in [0.15, 0.2) is 41.3 Å². The van der Waals surface area contributed by atoms with E-state index < -0.39 is 0 Å². The maximum Gasteiger partial charge on any atom is 0.345 e. The lowest BCUT2D eigenvalue weighted by Gasteiger charge is -1.94. The lowest BCUT2D eigenvalue weighted by atomic mass is 10.2. The first-order valence-electron chi connectivity index (χ1n) is 4.73. The summed E-state index contributed by atoms with van der Waals surface area (Å²) >= 11 is 5.77. The van der Waals surface area contributed by atoms with Crippen LogP contribution in [0.1, 0.15) is 11.3 Å². The zero-order valence-corrected chi connectivity index (χ0v) is 9.11. The van der Waals surface area contributed by atoms with Gasteiger partial charge in [-0.2, -0.15) is 0 Å². The average molecular weight is 233 g/mol. The van der Waals surface area contributed by atoms with E-state index in [-0.39, 0.29) is 5.69 Å². The van der Waals surface area contributed by atoms with E-state index in [9.17, 15) is 4.79 Å². The molecule has 1 aromatic carbocycles. The van der Waals surface area contributed by atoms with Crippen molar-refractivity contribution in [3.05, 3.63) is 63.3 Å². The van der Waals surface area contributed by atoms with Crippen LogP contribution >= 0.6 is 11.6 Å². The monoisotopic (exact) mass is 232 g/mol. The van der Waals surface area contributed by atoms with Gasteiger partial charge in [0.25, 0.3) is 0 Å². The number of rotatable bonds is 2. The summed E-state index contributed by atoms with van der Waals surface area (Å²) in [7, 11) is 0. The summed E-state index contributed by atoms with van der Waals surface area (Å²) in [6.45, 7) is 0. The average Bonchev–Trinajstić information content (AvgIpc) is 2.28. The third-order valence-corrected chi connectivity index (χ3v) is 2.27. The highest BCUT2D eigenvalue weighted by Crippen LogP contribution is 2.11. The Kier molecular flexibility index (Phi) is 3.17. The molecule has 0 fully saturated rings. The van der Waals surface area contributed by atoms with Gasteiger partial charge in [-0.1, -0.05) is 29.8 Å². The molecule has 0 saturated carbocycles. The number of aromatic nitrogens is 2. The topological polar surface area (TPSA) is 45.8 Å². The van der Waals surface area contributed by atoms with Gasteiger partial charge in [0, 0.05) is 16.9 Å². The number of nitrogens with zero attached hydrogens (tertiary/aromatic N) is 1. The van der Waals surface area contributed by atoms with Crippen LogP contribution in [0.25, 0.3) is 12.2 Å². The van der Waals surface area contributed by atoms with E-state index in [4.69, 9.17) is 11.6 Å². The summed E-state index contributed by atoms with van der Waals surface area (Å²) in [4.78, 5) is 17.1. The highest BCUT2D eigenvalue weighted by Gasteiger charge is 1.90. The Bertz CT molecular complexity index is 558. The largest absolute Gasteiger partial charge is 0.345 e. The van der Waals surface area contributed by atoms with Crippen molar-refractivity contribution in [1.29, 1.82) is 0 Å². The van der Waals surface area contributed by atoms with Crippen LogP contribution in [0, 0.1) is 0 Å². The summed E-state index contributed by atoms with van der Waals surface area (Å²) in [6, 6.07) is 9.16. The molecule has 16 heavy (non-hydrogen) atoms. The highest BCUT2D eigenvalue weighted by molar-refractivity contribution is 6.30. The van der Waals surface area contributed by atoms with Gasteiger partial charge in [-0.25, -0.2) is 9.78 Å². The summed E-state index contributed by atoms with van der Waals surface area (Å²) in [5.74, 6) is 0. The molecule has 1 aromatic heterocycles. The molecule has 0 unspecified atom stereocenters. The van der Waals surface area contributed by atoms with Gasteiger partial charge in [-0.3, -0.25) is 0 Å². The Morgan fingerprint density at radius 2 is 1.88 bits per heavy atom. The SMILES string of the molecule is O=c1nccc(C=Cc2ccc(Cl)cc2)[nH]1. The van der Waals surface area contributed by atoms with Gasteiger partial charge in [0.15, 0.2) is 0 Å². The Hall–Kier alpha value is -1.87. The predicted octanol–water partition coefficient (Wildman–Crippen LogP) is 2.59. The highest BCUT2D eigenvalue weighted by atomic mass is 35.5. The molecule has 0 spiro atoms. The molecule has 3 nitrogen and oxygen atoms in total. The second-order valence-corrected chi connectivity index (χ2v) is 3.65. The normalized spacial score (nSPS) is 10.8. The van der Waals surface area contributed by atoms with Crippen LogP contribution in [0.4, 0.5) is 0 Å². The fraction of sp³-hybridized carbons (Fsp3) is 0. The van der Waals surface area contributed by atoms with Gasteiger partial charge >= 0.3 is 5.69 Å². The molecule has 0 saturated heterocycles. The van der Waals surface area contributed by atoms with Crippen molar-refractivity contribution >= 4 is 23.8 Å². The molecule has 2 rings (SSSR count). The summed E-state index contributed by atoms with van der Waals surface area (Å²) in [6.07, 6.45) is 5.17. The van der Waals surface area contributed by atoms with E-state index in [1.54, 1.807) is 6.07 Å². The minimum absolute atomic E-state index is 0.349. The second kappa shape index (κ2) is 4.77. The van der Waals surface area contributed by atoms with Crippen LogP contribution in [0.5, 0.6) is 0 Å². The molecule has 0 aliphatic rings. The number of aromatic amines is 1. The van der Waals surface area contributed by atoms with Crippen molar-refractivity contribution in [2.45, 2.75) is 0 Å². The number of hydrogen-bond acceptors (Lipinski definition) is 2. The van der Waals surface area contributed by atoms with E-state index in [1.807, 2.05) is 36.4 Å². The van der Waals surface area contributed by atoms with Gasteiger partial charge < -0.3 is 4.98 Å². The first-order valence-corrected chi connectivity index (χ1v) is 5.11. The van der Waals surface area contributed by atoms with Crippen LogP contribution in [0.3, 0.4) is 0 Å². The first kappa shape index (κ1) is 10.6. The Morgan fingerprint density at radius 1 is 1.12 bits per heavy atom. The molecule has 0 amide bonds. The minimum atomic E-state index is -0.349. The van der Waals surface area contributed by atoms with Gasteiger partial charge in [0.05, 0.1) is 0 Å². The van der Waals surface area contributed by atoms with Gasteiger partial charge in [0.1, 0.15) is 0 Å². The van der Waals surface area contributed by atoms with Crippen LogP contribution in [-0.2, 0) is 0 Å². The smallest absolute Gasteiger partial charge is 0.306 e. The molecule has 0 bridgehead atoms. The molecule has 0 radical (unpaired) electrons. The Labute approximate surface area is 97.4 Å². The van der Waals surface area contributed by atoms with Crippen molar-refractivity contribution in [3.63, 3.8) is 0 Å². The zero-order valence-electron chi connectivity index (χ0n) is 8.35. The van der Waals surface area contributed by atoms with E-state index in [1.165, 1.54) is 6.20 Å². The van der Waals surface area contributed by atoms with Gasteiger partial charge in [-0.05, 0) is 29.8 Å². The molecule has 4 heteroatoms. The quantitative estimate of drug-likeness (QED) is 0.865. The van der Waals surface area contributed by atoms with Crippen molar-refractivity contribution < 1.29 is 0 Å². The first-order chi connectivity index (χ1) is 7.74. The molecule has 1 heterocycles. The minimum Gasteiger partial charge on any atom is -0.306 e. The number of halogens is 1. The lowest BCUT2D eigenvalue weighted by Crippen LogP contribution is -2.09. The number of nitrogens with one attached hydrogen (secondary N) is 1. The molecule has 0 aliphatic heterocycles. The third kappa shape index (κ3) is 2.81. The molecule has 1 N–H and O–H groups in total. The summed E-state index contributed by atoms with van der Waals surface area (Å²) < 4.78 is 0. The van der Waals surface area contributed by atoms with E-state index in [0.29, 0.717) is 5.02 Å². The number of H-pyrrole nitrogens is 1. The van der Waals surface area contributed by atoms with E-state index in [2.05, 4.69) is 9.97 Å². The molecule has 2 aromatic rings. The van der Waals surface area contributed by atoms with Crippen LogP contribution in [0.2, 0.25) is 5.02 Å². The lowest BCUT2D eigenvalue weighted by molar-refractivity contribution is 1.06. The van der Waals surface area contributed by atoms with E-state index in [0.717, 1.165) is 11.3 Å². The fourth-order valence-electron chi connectivity index (χ4n) is 1.24. The number of hydrogen-bond donors (Lipinski definition) is 1. The van der Waals surface area contributed by atoms with Crippen LogP contribution in [-0.4, -0.2) is 9.97 Å². The summed E-state index contributed by atoms with van der Waals surface area (Å²) in [5.41, 5.74) is 1.38. The molecule has 80 valence electrons. The van der Waals surface area contributed by atoms with Gasteiger partial charge in [-0.15, -0.1) is 0 Å². The van der Waals surface area contributed by atoms with Crippen molar-refractivity contribution in [2.75, 3.05) is 0 Å². The van der Waals surface area contributed by atoms with Crippen LogP contribution < -0.4 is 5.69 Å².